The number of aliphatic hydroxyl groups is 2. The van der Waals surface area contributed by atoms with E-state index < -0.39 is 24.0 Å². The third-order valence-corrected chi connectivity index (χ3v) is 6.37. The second-order valence-electron chi connectivity index (χ2n) is 8.48. The minimum absolute atomic E-state index is 0.0240. The number of likely N-dealkylation sites (tertiary alicyclic amines) is 1. The van der Waals surface area contributed by atoms with Crippen molar-refractivity contribution in [3.8, 4) is 11.1 Å². The molecule has 2 heterocycles. The van der Waals surface area contributed by atoms with Crippen molar-refractivity contribution >= 4 is 29.1 Å². The number of nitrogens with one attached hydrogen (secondary N) is 1. The van der Waals surface area contributed by atoms with Gasteiger partial charge in [-0.25, -0.2) is 0 Å². The summed E-state index contributed by atoms with van der Waals surface area (Å²) in [5.41, 5.74) is 9.71. The van der Waals surface area contributed by atoms with Crippen LogP contribution < -0.4 is 11.1 Å². The minimum atomic E-state index is -1.91. The van der Waals surface area contributed by atoms with Crippen molar-refractivity contribution in [2.24, 2.45) is 0 Å². The molecule has 0 radical (unpaired) electrons. The van der Waals surface area contributed by atoms with E-state index in [1.807, 2.05) is 30.3 Å². The summed E-state index contributed by atoms with van der Waals surface area (Å²) in [5.74, 6) is -1.56. The molecular weight excluding hydrogens is 468 g/mol. The second kappa shape index (κ2) is 10.9. The van der Waals surface area contributed by atoms with E-state index in [1.54, 1.807) is 36.5 Å². The SMILES string of the molecule is Nc1ccccc1-c1ccc(CNC(=O)C(O)[C@@H](O)C(=O)N2CCCC2c2cccc(Cl)c2)nc1. The number of nitrogen functional groups attached to an aromatic ring is 1. The lowest BCUT2D eigenvalue weighted by Crippen LogP contribution is -2.50. The van der Waals surface area contributed by atoms with Crippen LogP contribution in [0.4, 0.5) is 5.69 Å². The topological polar surface area (TPSA) is 129 Å². The third-order valence-electron chi connectivity index (χ3n) is 6.13. The van der Waals surface area contributed by atoms with Gasteiger partial charge in [0.05, 0.1) is 18.3 Å². The minimum Gasteiger partial charge on any atom is -0.398 e. The number of aliphatic hydroxyl groups excluding tert-OH is 2. The molecule has 1 aliphatic rings. The zero-order chi connectivity index (χ0) is 24.9. The number of rotatable bonds is 7. The Bertz CT molecular complexity index is 1200. The molecule has 0 bridgehead atoms. The van der Waals surface area contributed by atoms with E-state index in [4.69, 9.17) is 17.3 Å². The highest BCUT2D eigenvalue weighted by atomic mass is 35.5. The van der Waals surface area contributed by atoms with Crippen LogP contribution in [0.3, 0.4) is 0 Å². The molecule has 1 aromatic heterocycles. The van der Waals surface area contributed by atoms with E-state index in [0.29, 0.717) is 29.4 Å². The molecule has 0 aliphatic carbocycles. The Morgan fingerprint density at radius 1 is 1.11 bits per heavy atom. The lowest BCUT2D eigenvalue weighted by Gasteiger charge is -2.28. The van der Waals surface area contributed by atoms with E-state index in [2.05, 4.69) is 10.3 Å². The molecule has 2 unspecified atom stereocenters. The van der Waals surface area contributed by atoms with Gasteiger partial charge in [0.25, 0.3) is 11.8 Å². The predicted octanol–water partition coefficient (Wildman–Crippen LogP) is 2.69. The molecular formula is C26H27ClN4O4. The summed E-state index contributed by atoms with van der Waals surface area (Å²) in [6.45, 7) is 0.444. The lowest BCUT2D eigenvalue weighted by atomic mass is 10.0. The van der Waals surface area contributed by atoms with Crippen LogP contribution in [0.5, 0.6) is 0 Å². The number of aromatic nitrogens is 1. The first-order valence-corrected chi connectivity index (χ1v) is 11.7. The molecule has 1 aliphatic heterocycles. The molecule has 182 valence electrons. The fourth-order valence-electron chi connectivity index (χ4n) is 4.27. The number of hydrogen-bond acceptors (Lipinski definition) is 6. The number of hydrogen-bond donors (Lipinski definition) is 4. The Balaban J connectivity index is 1.35. The zero-order valence-electron chi connectivity index (χ0n) is 19.0. The van der Waals surface area contributed by atoms with Gasteiger partial charge in [0.1, 0.15) is 0 Å². The van der Waals surface area contributed by atoms with Gasteiger partial charge in [-0.15, -0.1) is 0 Å². The number of benzene rings is 2. The maximum atomic E-state index is 12.9. The maximum absolute atomic E-state index is 12.9. The van der Waals surface area contributed by atoms with Gasteiger partial charge < -0.3 is 26.2 Å². The smallest absolute Gasteiger partial charge is 0.255 e. The highest BCUT2D eigenvalue weighted by Gasteiger charge is 2.38. The van der Waals surface area contributed by atoms with Gasteiger partial charge in [0.2, 0.25) is 0 Å². The number of anilines is 1. The molecule has 9 heteroatoms. The number of carbonyl (C=O) groups is 2. The maximum Gasteiger partial charge on any atom is 0.255 e. The molecule has 35 heavy (non-hydrogen) atoms. The molecule has 1 saturated heterocycles. The number of nitrogens with zero attached hydrogens (tertiary/aromatic N) is 2. The normalized spacial score (nSPS) is 17.1. The standard InChI is InChI=1S/C26H27ClN4O4/c27-18-6-3-5-16(13-18)22-9-4-12-31(22)26(35)24(33)23(32)25(34)30-15-19-11-10-17(14-29-19)20-7-1-2-8-21(20)28/h1-3,5-8,10-11,13-14,22-24,32-33H,4,9,12,15,28H2,(H,30,34)/t22?,23?,24-/m1/s1. The van der Waals surface area contributed by atoms with Gasteiger partial charge in [-0.05, 0) is 42.7 Å². The average molecular weight is 495 g/mol. The van der Waals surface area contributed by atoms with E-state index in [0.717, 1.165) is 23.1 Å². The average Bonchev–Trinajstić information content (AvgIpc) is 3.37. The largest absolute Gasteiger partial charge is 0.398 e. The molecule has 3 aromatic rings. The Kier molecular flexibility index (Phi) is 7.65. The van der Waals surface area contributed by atoms with Crippen molar-refractivity contribution in [1.82, 2.24) is 15.2 Å². The summed E-state index contributed by atoms with van der Waals surface area (Å²) in [5, 5.41) is 23.9. The molecule has 0 spiro atoms. The van der Waals surface area contributed by atoms with Crippen LogP contribution in [-0.4, -0.2) is 50.7 Å². The number of para-hydroxylation sites is 1. The molecule has 1 fully saturated rings. The molecule has 8 nitrogen and oxygen atoms in total. The fourth-order valence-corrected chi connectivity index (χ4v) is 4.47. The highest BCUT2D eigenvalue weighted by Crippen LogP contribution is 2.33. The molecule has 0 saturated carbocycles. The highest BCUT2D eigenvalue weighted by molar-refractivity contribution is 6.30. The van der Waals surface area contributed by atoms with Crippen LogP contribution >= 0.6 is 11.6 Å². The van der Waals surface area contributed by atoms with Crippen molar-refractivity contribution in [2.45, 2.75) is 37.6 Å². The summed E-state index contributed by atoms with van der Waals surface area (Å²) in [4.78, 5) is 31.2. The Morgan fingerprint density at radius 3 is 2.63 bits per heavy atom. The summed E-state index contributed by atoms with van der Waals surface area (Å²) >= 11 is 6.08. The van der Waals surface area contributed by atoms with Crippen LogP contribution in [-0.2, 0) is 16.1 Å². The number of halogens is 1. The van der Waals surface area contributed by atoms with Crippen LogP contribution in [0.15, 0.2) is 66.9 Å². The van der Waals surface area contributed by atoms with Crippen molar-refractivity contribution < 1.29 is 19.8 Å². The zero-order valence-corrected chi connectivity index (χ0v) is 19.7. The summed E-state index contributed by atoms with van der Waals surface area (Å²) in [6, 6.07) is 17.9. The van der Waals surface area contributed by atoms with E-state index in [9.17, 15) is 19.8 Å². The summed E-state index contributed by atoms with van der Waals surface area (Å²) in [6.07, 6.45) is -0.700. The van der Waals surface area contributed by atoms with Gasteiger partial charge in [0, 0.05) is 34.6 Å². The number of amides is 2. The van der Waals surface area contributed by atoms with Crippen LogP contribution in [0, 0.1) is 0 Å². The quantitative estimate of drug-likeness (QED) is 0.374. The van der Waals surface area contributed by atoms with E-state index in [1.165, 1.54) is 4.90 Å². The van der Waals surface area contributed by atoms with Crippen molar-refractivity contribution in [3.05, 3.63) is 83.1 Å². The number of carbonyl (C=O) groups excluding carboxylic acids is 2. The van der Waals surface area contributed by atoms with Crippen LogP contribution in [0.2, 0.25) is 5.02 Å². The Morgan fingerprint density at radius 2 is 1.91 bits per heavy atom. The van der Waals surface area contributed by atoms with Gasteiger partial charge in [0.15, 0.2) is 12.2 Å². The van der Waals surface area contributed by atoms with Gasteiger partial charge in [-0.3, -0.25) is 14.6 Å². The predicted molar refractivity (Wildman–Crippen MR) is 133 cm³/mol. The first-order valence-electron chi connectivity index (χ1n) is 11.3. The van der Waals surface area contributed by atoms with Gasteiger partial charge >= 0.3 is 0 Å². The Labute approximate surface area is 208 Å². The fraction of sp³-hybridized carbons (Fsp3) is 0.269. The molecule has 2 amide bonds. The monoisotopic (exact) mass is 494 g/mol. The van der Waals surface area contributed by atoms with Crippen molar-refractivity contribution in [3.63, 3.8) is 0 Å². The van der Waals surface area contributed by atoms with Crippen LogP contribution in [0.25, 0.3) is 11.1 Å². The first-order chi connectivity index (χ1) is 16.8. The number of nitrogens with two attached hydrogens (primary N) is 1. The van der Waals surface area contributed by atoms with Crippen LogP contribution in [0.1, 0.15) is 30.1 Å². The Hall–Kier alpha value is -3.46. The first kappa shape index (κ1) is 24.7. The summed E-state index contributed by atoms with van der Waals surface area (Å²) in [7, 11) is 0. The molecule has 3 atom stereocenters. The van der Waals surface area contributed by atoms with Gasteiger partial charge in [-0.2, -0.15) is 0 Å². The van der Waals surface area contributed by atoms with Gasteiger partial charge in [-0.1, -0.05) is 48.0 Å². The van der Waals surface area contributed by atoms with Crippen molar-refractivity contribution in [2.75, 3.05) is 12.3 Å². The summed E-state index contributed by atoms with van der Waals surface area (Å²) < 4.78 is 0. The third kappa shape index (κ3) is 5.62. The lowest BCUT2D eigenvalue weighted by molar-refractivity contribution is -0.153. The number of pyridine rings is 1. The van der Waals surface area contributed by atoms with E-state index >= 15 is 0 Å². The van der Waals surface area contributed by atoms with Crippen molar-refractivity contribution in [1.29, 1.82) is 0 Å². The molecule has 4 rings (SSSR count). The second-order valence-corrected chi connectivity index (χ2v) is 8.91. The molecule has 5 N–H and O–H groups in total. The molecule has 2 aromatic carbocycles. The van der Waals surface area contributed by atoms with E-state index in [-0.39, 0.29) is 12.6 Å².